The van der Waals surface area contributed by atoms with E-state index in [1.54, 1.807) is 23.0 Å². The van der Waals surface area contributed by atoms with Crippen molar-refractivity contribution in [3.05, 3.63) is 66.1 Å². The maximum Gasteiger partial charge on any atom is 0.250 e. The van der Waals surface area contributed by atoms with Gasteiger partial charge in [0.05, 0.1) is 16.9 Å². The molecule has 0 bridgehead atoms. The fourth-order valence-electron chi connectivity index (χ4n) is 2.19. The molecule has 0 atom stereocenters. The van der Waals surface area contributed by atoms with Crippen LogP contribution in [-0.4, -0.2) is 20.7 Å². The van der Waals surface area contributed by atoms with Crippen molar-refractivity contribution < 1.29 is 4.79 Å². The molecule has 21 heavy (non-hydrogen) atoms. The second kappa shape index (κ2) is 5.20. The molecule has 0 aliphatic heterocycles. The molecule has 0 spiro atoms. The van der Waals surface area contributed by atoms with Crippen molar-refractivity contribution in [3.8, 4) is 16.9 Å². The number of carbonyl (C=O) groups excluding carboxylic acids is 1. The summed E-state index contributed by atoms with van der Waals surface area (Å²) in [6.45, 7) is 1.88. The number of rotatable bonds is 3. The molecule has 0 unspecified atom stereocenters. The molecule has 1 amide bonds. The van der Waals surface area contributed by atoms with Gasteiger partial charge >= 0.3 is 0 Å². The summed E-state index contributed by atoms with van der Waals surface area (Å²) in [4.78, 5) is 16.0. The highest BCUT2D eigenvalue weighted by atomic mass is 16.1. The van der Waals surface area contributed by atoms with Gasteiger partial charge in [-0.2, -0.15) is 5.10 Å². The van der Waals surface area contributed by atoms with E-state index in [0.29, 0.717) is 11.3 Å². The van der Waals surface area contributed by atoms with Crippen molar-refractivity contribution in [3.63, 3.8) is 0 Å². The van der Waals surface area contributed by atoms with E-state index in [0.717, 1.165) is 16.9 Å². The molecule has 2 N–H and O–H groups in total. The van der Waals surface area contributed by atoms with Crippen molar-refractivity contribution >= 4 is 5.91 Å². The number of hydrogen-bond donors (Lipinski definition) is 1. The predicted octanol–water partition coefficient (Wildman–Crippen LogP) is 2.34. The quantitative estimate of drug-likeness (QED) is 0.799. The van der Waals surface area contributed by atoms with Crippen LogP contribution in [0.25, 0.3) is 16.9 Å². The summed E-state index contributed by atoms with van der Waals surface area (Å²) >= 11 is 0. The van der Waals surface area contributed by atoms with Crippen molar-refractivity contribution in [1.82, 2.24) is 14.8 Å². The Bertz CT molecular complexity index is 794. The number of carbonyl (C=O) groups is 1. The van der Waals surface area contributed by atoms with Gasteiger partial charge in [0.15, 0.2) is 0 Å². The van der Waals surface area contributed by atoms with E-state index in [1.165, 1.54) is 0 Å². The lowest BCUT2D eigenvalue weighted by Gasteiger charge is -2.09. The van der Waals surface area contributed by atoms with Gasteiger partial charge < -0.3 is 5.73 Å². The van der Waals surface area contributed by atoms with Gasteiger partial charge in [-0.15, -0.1) is 0 Å². The lowest BCUT2D eigenvalue weighted by atomic mass is 10.0. The van der Waals surface area contributed by atoms with Crippen molar-refractivity contribution in [1.29, 1.82) is 0 Å². The maximum absolute atomic E-state index is 11.6. The second-order valence-electron chi connectivity index (χ2n) is 4.71. The van der Waals surface area contributed by atoms with E-state index in [-0.39, 0.29) is 0 Å². The van der Waals surface area contributed by atoms with Gasteiger partial charge in [-0.1, -0.05) is 12.1 Å². The second-order valence-corrected chi connectivity index (χ2v) is 4.71. The normalized spacial score (nSPS) is 10.5. The first kappa shape index (κ1) is 13.1. The number of primary amides is 1. The smallest absolute Gasteiger partial charge is 0.250 e. The standard InChI is InChI=1S/C16H14N4O/c1-11-6-7-14(16(17)21)15(19-11)12-4-2-5-13(10-12)20-9-3-8-18-20/h2-10H,1H3,(H2,17,21). The van der Waals surface area contributed by atoms with Crippen LogP contribution in [0, 0.1) is 6.92 Å². The van der Waals surface area contributed by atoms with E-state index in [1.807, 2.05) is 43.5 Å². The van der Waals surface area contributed by atoms with Crippen LogP contribution in [0.15, 0.2) is 54.9 Å². The van der Waals surface area contributed by atoms with Crippen LogP contribution >= 0.6 is 0 Å². The third kappa shape index (κ3) is 2.53. The molecule has 0 aliphatic rings. The topological polar surface area (TPSA) is 73.8 Å². The Balaban J connectivity index is 2.15. The van der Waals surface area contributed by atoms with E-state index < -0.39 is 5.91 Å². The summed E-state index contributed by atoms with van der Waals surface area (Å²) in [5.74, 6) is -0.484. The van der Waals surface area contributed by atoms with Crippen LogP contribution in [0.1, 0.15) is 16.1 Å². The number of pyridine rings is 1. The van der Waals surface area contributed by atoms with Gasteiger partial charge in [0.25, 0.3) is 5.91 Å². The predicted molar refractivity (Wildman–Crippen MR) is 80.0 cm³/mol. The van der Waals surface area contributed by atoms with Crippen LogP contribution in [-0.2, 0) is 0 Å². The van der Waals surface area contributed by atoms with E-state index in [9.17, 15) is 4.79 Å². The fourth-order valence-corrected chi connectivity index (χ4v) is 2.19. The highest BCUT2D eigenvalue weighted by Gasteiger charge is 2.12. The van der Waals surface area contributed by atoms with Crippen LogP contribution < -0.4 is 5.73 Å². The molecule has 5 nitrogen and oxygen atoms in total. The molecule has 104 valence electrons. The van der Waals surface area contributed by atoms with Crippen molar-refractivity contribution in [2.45, 2.75) is 6.92 Å². The Kier molecular flexibility index (Phi) is 3.23. The third-order valence-electron chi connectivity index (χ3n) is 3.19. The Hall–Kier alpha value is -2.95. The van der Waals surface area contributed by atoms with Gasteiger partial charge in [-0.05, 0) is 37.3 Å². The average Bonchev–Trinajstić information content (AvgIpc) is 3.01. The summed E-state index contributed by atoms with van der Waals surface area (Å²) < 4.78 is 1.75. The fraction of sp³-hybridized carbons (Fsp3) is 0.0625. The zero-order valence-corrected chi connectivity index (χ0v) is 11.5. The monoisotopic (exact) mass is 278 g/mol. The minimum Gasteiger partial charge on any atom is -0.366 e. The van der Waals surface area contributed by atoms with Crippen LogP contribution in [0.5, 0.6) is 0 Å². The number of hydrogen-bond acceptors (Lipinski definition) is 3. The molecule has 0 saturated heterocycles. The van der Waals surface area contributed by atoms with E-state index >= 15 is 0 Å². The summed E-state index contributed by atoms with van der Waals surface area (Å²) in [5.41, 5.74) is 9.01. The Morgan fingerprint density at radius 1 is 1.19 bits per heavy atom. The molecule has 0 fully saturated rings. The Morgan fingerprint density at radius 2 is 2.05 bits per heavy atom. The molecular weight excluding hydrogens is 264 g/mol. The molecule has 0 saturated carbocycles. The van der Waals surface area contributed by atoms with Gasteiger partial charge in [-0.25, -0.2) is 4.68 Å². The zero-order chi connectivity index (χ0) is 14.8. The summed E-state index contributed by atoms with van der Waals surface area (Å²) in [6, 6.07) is 13.0. The Morgan fingerprint density at radius 3 is 2.76 bits per heavy atom. The molecule has 0 radical (unpaired) electrons. The van der Waals surface area contributed by atoms with E-state index in [2.05, 4.69) is 10.1 Å². The number of aryl methyl sites for hydroxylation is 1. The first-order valence-electron chi connectivity index (χ1n) is 6.53. The molecule has 3 aromatic rings. The summed E-state index contributed by atoms with van der Waals surface area (Å²) in [7, 11) is 0. The number of aromatic nitrogens is 3. The van der Waals surface area contributed by atoms with Crippen molar-refractivity contribution in [2.24, 2.45) is 5.73 Å². The van der Waals surface area contributed by atoms with Crippen LogP contribution in [0.4, 0.5) is 0 Å². The number of nitrogens with zero attached hydrogens (tertiary/aromatic N) is 3. The van der Waals surface area contributed by atoms with Crippen molar-refractivity contribution in [2.75, 3.05) is 0 Å². The average molecular weight is 278 g/mol. The van der Waals surface area contributed by atoms with Crippen LogP contribution in [0.2, 0.25) is 0 Å². The summed E-state index contributed by atoms with van der Waals surface area (Å²) in [6.07, 6.45) is 3.57. The van der Waals surface area contributed by atoms with Gasteiger partial charge in [0.2, 0.25) is 0 Å². The largest absolute Gasteiger partial charge is 0.366 e. The molecule has 3 rings (SSSR count). The van der Waals surface area contributed by atoms with Crippen LogP contribution in [0.3, 0.4) is 0 Å². The molecule has 5 heteroatoms. The van der Waals surface area contributed by atoms with Gasteiger partial charge in [0, 0.05) is 23.7 Å². The molecule has 2 heterocycles. The minimum absolute atomic E-state index is 0.415. The third-order valence-corrected chi connectivity index (χ3v) is 3.19. The number of amides is 1. The summed E-state index contributed by atoms with van der Waals surface area (Å²) in [5, 5.41) is 4.20. The lowest BCUT2D eigenvalue weighted by molar-refractivity contribution is 0.100. The van der Waals surface area contributed by atoms with Gasteiger partial charge in [0.1, 0.15) is 0 Å². The molecule has 1 aromatic carbocycles. The lowest BCUT2D eigenvalue weighted by Crippen LogP contribution is -2.13. The molecule has 0 aliphatic carbocycles. The molecule has 2 aromatic heterocycles. The van der Waals surface area contributed by atoms with E-state index in [4.69, 9.17) is 5.73 Å². The first-order chi connectivity index (χ1) is 10.1. The number of benzene rings is 1. The molecular formula is C16H14N4O. The first-order valence-corrected chi connectivity index (χ1v) is 6.53. The highest BCUT2D eigenvalue weighted by molar-refractivity contribution is 5.98. The van der Waals surface area contributed by atoms with Gasteiger partial charge in [-0.3, -0.25) is 9.78 Å². The highest BCUT2D eigenvalue weighted by Crippen LogP contribution is 2.24. The maximum atomic E-state index is 11.6. The number of nitrogens with two attached hydrogens (primary N) is 1. The Labute approximate surface area is 122 Å². The SMILES string of the molecule is Cc1ccc(C(N)=O)c(-c2cccc(-n3cccn3)c2)n1. The zero-order valence-electron chi connectivity index (χ0n) is 11.5. The minimum atomic E-state index is -0.484.